The minimum Gasteiger partial charge on any atom is -0.342 e. The molecule has 0 saturated carbocycles. The molecule has 0 saturated heterocycles. The summed E-state index contributed by atoms with van der Waals surface area (Å²) in [5, 5.41) is 13.5. The number of halogens is 2. The number of para-hydroxylation sites is 1. The van der Waals surface area contributed by atoms with E-state index in [0.29, 0.717) is 21.8 Å². The van der Waals surface area contributed by atoms with E-state index < -0.39 is 5.91 Å². The molecule has 2 aliphatic heterocycles. The van der Waals surface area contributed by atoms with Gasteiger partial charge in [-0.05, 0) is 35.4 Å². The fraction of sp³-hybridized carbons (Fsp3) is 0.0357. The third-order valence-electron chi connectivity index (χ3n) is 6.16. The van der Waals surface area contributed by atoms with Crippen molar-refractivity contribution in [2.24, 2.45) is 4.99 Å². The Morgan fingerprint density at radius 1 is 1.00 bits per heavy atom. The first-order valence-corrected chi connectivity index (χ1v) is 12.8. The standard InChI is InChI=1S/C28H18Cl2N4OS/c29-20-11-10-18(23(30)13-20)14-33-15-19(21-8-4-5-9-24(21)33)12-22-26(31)34-25(17-6-2-1-3-7-17)16-36-28(34)32-27(22)35/h1-13,15-16,31H,14H2/b22-12-,31-26?. The summed E-state index contributed by atoms with van der Waals surface area (Å²) >= 11 is 13.9. The van der Waals surface area contributed by atoms with Gasteiger partial charge in [-0.2, -0.15) is 4.99 Å². The fourth-order valence-electron chi connectivity index (χ4n) is 4.42. The Hall–Kier alpha value is -3.58. The molecule has 0 radical (unpaired) electrons. The lowest BCUT2D eigenvalue weighted by Gasteiger charge is -2.26. The Morgan fingerprint density at radius 2 is 1.78 bits per heavy atom. The van der Waals surface area contributed by atoms with Crippen LogP contribution in [0, 0.1) is 5.41 Å². The largest absolute Gasteiger partial charge is 0.342 e. The van der Waals surface area contributed by atoms with E-state index in [2.05, 4.69) is 9.56 Å². The zero-order valence-corrected chi connectivity index (χ0v) is 21.1. The predicted octanol–water partition coefficient (Wildman–Crippen LogP) is 7.30. The van der Waals surface area contributed by atoms with Gasteiger partial charge in [-0.3, -0.25) is 15.1 Å². The van der Waals surface area contributed by atoms with Crippen LogP contribution in [0.15, 0.2) is 95.0 Å². The summed E-state index contributed by atoms with van der Waals surface area (Å²) in [6.45, 7) is 0.539. The monoisotopic (exact) mass is 528 g/mol. The van der Waals surface area contributed by atoms with Crippen molar-refractivity contribution < 1.29 is 4.79 Å². The van der Waals surface area contributed by atoms with Gasteiger partial charge in [0, 0.05) is 44.7 Å². The van der Waals surface area contributed by atoms with E-state index in [1.54, 1.807) is 17.0 Å². The number of fused-ring (bicyclic) bond motifs is 2. The SMILES string of the molecule is N=C1/C(=C/c2cn(Cc3ccc(Cl)cc3Cl)c3ccccc23)C(=O)N=C2SC=C(c3ccccc3)N12. The summed E-state index contributed by atoms with van der Waals surface area (Å²) in [6, 6.07) is 23.3. The smallest absolute Gasteiger partial charge is 0.283 e. The van der Waals surface area contributed by atoms with Gasteiger partial charge < -0.3 is 4.57 Å². The highest BCUT2D eigenvalue weighted by molar-refractivity contribution is 8.17. The van der Waals surface area contributed by atoms with E-state index in [9.17, 15) is 4.79 Å². The van der Waals surface area contributed by atoms with Crippen molar-refractivity contribution in [3.05, 3.63) is 117 Å². The van der Waals surface area contributed by atoms with Crippen molar-refractivity contribution in [2.45, 2.75) is 6.54 Å². The molecule has 1 amide bonds. The van der Waals surface area contributed by atoms with Crippen molar-refractivity contribution in [1.82, 2.24) is 9.47 Å². The number of carbonyl (C=O) groups is 1. The number of amides is 1. The molecule has 0 aliphatic carbocycles. The summed E-state index contributed by atoms with van der Waals surface area (Å²) in [7, 11) is 0. The highest BCUT2D eigenvalue weighted by atomic mass is 35.5. The third-order valence-corrected chi connectivity index (χ3v) is 7.57. The average molecular weight is 529 g/mol. The van der Waals surface area contributed by atoms with E-state index >= 15 is 0 Å². The second-order valence-corrected chi connectivity index (χ2v) is 10.1. The minimum absolute atomic E-state index is 0.114. The predicted molar refractivity (Wildman–Crippen MR) is 149 cm³/mol. The maximum absolute atomic E-state index is 13.0. The number of amidine groups is 2. The summed E-state index contributed by atoms with van der Waals surface area (Å²) < 4.78 is 2.09. The van der Waals surface area contributed by atoms with Gasteiger partial charge in [-0.15, -0.1) is 0 Å². The molecule has 0 fully saturated rings. The molecule has 1 N–H and O–H groups in total. The molecule has 6 rings (SSSR count). The number of carbonyl (C=O) groups excluding carboxylic acids is 1. The van der Waals surface area contributed by atoms with Gasteiger partial charge >= 0.3 is 0 Å². The molecule has 0 atom stereocenters. The maximum Gasteiger partial charge on any atom is 0.283 e. The molecule has 1 aromatic heterocycles. The zero-order valence-electron chi connectivity index (χ0n) is 18.8. The third kappa shape index (κ3) is 3.97. The molecule has 176 valence electrons. The van der Waals surface area contributed by atoms with E-state index in [4.69, 9.17) is 28.6 Å². The number of thioether (sulfide) groups is 1. The second-order valence-electron chi connectivity index (χ2n) is 8.39. The van der Waals surface area contributed by atoms with Gasteiger partial charge in [0.1, 0.15) is 5.84 Å². The first-order valence-electron chi connectivity index (χ1n) is 11.2. The van der Waals surface area contributed by atoms with Gasteiger partial charge in [0.2, 0.25) is 0 Å². The van der Waals surface area contributed by atoms with Crippen molar-refractivity contribution in [3.8, 4) is 0 Å². The van der Waals surface area contributed by atoms with Crippen LogP contribution in [0.25, 0.3) is 22.7 Å². The number of benzene rings is 3. The van der Waals surface area contributed by atoms with Gasteiger partial charge in [0.15, 0.2) is 5.17 Å². The van der Waals surface area contributed by atoms with Crippen molar-refractivity contribution in [2.75, 3.05) is 0 Å². The normalized spacial score (nSPS) is 16.5. The Bertz CT molecular complexity index is 1650. The van der Waals surface area contributed by atoms with Crippen LogP contribution < -0.4 is 0 Å². The molecule has 0 bridgehead atoms. The highest BCUT2D eigenvalue weighted by Crippen LogP contribution is 2.38. The van der Waals surface area contributed by atoms with E-state index in [0.717, 1.165) is 33.3 Å². The van der Waals surface area contributed by atoms with Crippen molar-refractivity contribution in [1.29, 1.82) is 5.41 Å². The first-order chi connectivity index (χ1) is 17.5. The lowest BCUT2D eigenvalue weighted by atomic mass is 10.1. The summed E-state index contributed by atoms with van der Waals surface area (Å²) in [5.74, 6) is -0.304. The van der Waals surface area contributed by atoms with E-state index in [1.165, 1.54) is 11.8 Å². The van der Waals surface area contributed by atoms with Crippen LogP contribution in [0.4, 0.5) is 0 Å². The Balaban J connectivity index is 1.41. The number of hydrogen-bond donors (Lipinski definition) is 1. The Kier molecular flexibility index (Phi) is 5.80. The second kappa shape index (κ2) is 9.13. The first kappa shape index (κ1) is 22.9. The lowest BCUT2D eigenvalue weighted by molar-refractivity contribution is -0.114. The van der Waals surface area contributed by atoms with Crippen molar-refractivity contribution in [3.63, 3.8) is 0 Å². The molecule has 0 unspecified atom stereocenters. The van der Waals surface area contributed by atoms with Crippen LogP contribution >= 0.6 is 35.0 Å². The number of rotatable bonds is 4. The van der Waals surface area contributed by atoms with Crippen molar-refractivity contribution >= 4 is 74.6 Å². The number of aromatic nitrogens is 1. The lowest BCUT2D eigenvalue weighted by Crippen LogP contribution is -2.37. The Morgan fingerprint density at radius 3 is 2.58 bits per heavy atom. The molecule has 8 heteroatoms. The molecule has 36 heavy (non-hydrogen) atoms. The molecule has 5 nitrogen and oxygen atoms in total. The molecule has 3 heterocycles. The number of nitrogens with one attached hydrogen (secondary N) is 1. The van der Waals surface area contributed by atoms with Gasteiger partial charge in [0.05, 0.1) is 11.3 Å². The van der Waals surface area contributed by atoms with Crippen LogP contribution in [-0.4, -0.2) is 26.4 Å². The van der Waals surface area contributed by atoms with Crippen LogP contribution in [0.2, 0.25) is 10.0 Å². The van der Waals surface area contributed by atoms with Crippen LogP contribution in [0.5, 0.6) is 0 Å². The zero-order chi connectivity index (χ0) is 24.8. The quantitative estimate of drug-likeness (QED) is 0.282. The number of aliphatic imine (C=N–C) groups is 1. The summed E-state index contributed by atoms with van der Waals surface area (Å²) in [4.78, 5) is 19.0. The molecular weight excluding hydrogens is 511 g/mol. The minimum atomic E-state index is -0.418. The average Bonchev–Trinajstić information content (AvgIpc) is 3.46. The molecule has 4 aromatic rings. The maximum atomic E-state index is 13.0. The summed E-state index contributed by atoms with van der Waals surface area (Å²) in [6.07, 6.45) is 3.74. The Labute approximate surface area is 221 Å². The van der Waals surface area contributed by atoms with Gasteiger partial charge in [-0.1, -0.05) is 89.6 Å². The molecule has 2 aliphatic rings. The number of hydrogen-bond acceptors (Lipinski definition) is 3. The van der Waals surface area contributed by atoms with Gasteiger partial charge in [0.25, 0.3) is 5.91 Å². The van der Waals surface area contributed by atoms with E-state index in [-0.39, 0.29) is 11.4 Å². The number of nitrogens with zero attached hydrogens (tertiary/aromatic N) is 3. The summed E-state index contributed by atoms with van der Waals surface area (Å²) in [5.41, 5.74) is 4.81. The topological polar surface area (TPSA) is 61.5 Å². The van der Waals surface area contributed by atoms with E-state index in [1.807, 2.05) is 78.3 Å². The molecule has 3 aromatic carbocycles. The highest BCUT2D eigenvalue weighted by Gasteiger charge is 2.36. The van der Waals surface area contributed by atoms with Gasteiger partial charge in [-0.25, -0.2) is 0 Å². The van der Waals surface area contributed by atoms with Crippen LogP contribution in [0.1, 0.15) is 16.7 Å². The fourth-order valence-corrected chi connectivity index (χ4v) is 5.78. The van der Waals surface area contributed by atoms with Crippen LogP contribution in [-0.2, 0) is 11.3 Å². The van der Waals surface area contributed by atoms with Crippen LogP contribution in [0.3, 0.4) is 0 Å². The molecular formula is C28H18Cl2N4OS. The molecule has 0 spiro atoms.